The van der Waals surface area contributed by atoms with Gasteiger partial charge in [0.1, 0.15) is 5.56 Å². The SMILES string of the molecule is Nc1nnc(NC(=O)c2c(Cl)cccc2[N+](=O)[O-])s1. The lowest BCUT2D eigenvalue weighted by molar-refractivity contribution is -0.385. The van der Waals surface area contributed by atoms with E-state index in [4.69, 9.17) is 17.3 Å². The number of amides is 1. The van der Waals surface area contributed by atoms with E-state index in [0.717, 1.165) is 11.3 Å². The summed E-state index contributed by atoms with van der Waals surface area (Å²) in [6.45, 7) is 0. The minimum Gasteiger partial charge on any atom is -0.374 e. The zero-order chi connectivity index (χ0) is 14.0. The van der Waals surface area contributed by atoms with E-state index < -0.39 is 10.8 Å². The Hall–Kier alpha value is -2.26. The van der Waals surface area contributed by atoms with Gasteiger partial charge in [-0.1, -0.05) is 29.0 Å². The van der Waals surface area contributed by atoms with E-state index >= 15 is 0 Å². The molecule has 0 spiro atoms. The van der Waals surface area contributed by atoms with Gasteiger partial charge >= 0.3 is 0 Å². The van der Waals surface area contributed by atoms with Crippen LogP contribution in [0.15, 0.2) is 18.2 Å². The highest BCUT2D eigenvalue weighted by molar-refractivity contribution is 7.19. The number of nitro groups is 1. The van der Waals surface area contributed by atoms with Crippen molar-refractivity contribution in [1.82, 2.24) is 10.2 Å². The molecule has 0 aliphatic rings. The number of aromatic nitrogens is 2. The van der Waals surface area contributed by atoms with E-state index in [1.54, 1.807) is 0 Å². The van der Waals surface area contributed by atoms with Crippen LogP contribution in [0.1, 0.15) is 10.4 Å². The standard InChI is InChI=1S/C9H6ClN5O3S/c10-4-2-1-3-5(15(17)18)6(4)7(16)12-9-14-13-8(11)19-9/h1-3H,(H2,11,13)(H,12,14,16). The second-order valence-electron chi connectivity index (χ2n) is 3.29. The summed E-state index contributed by atoms with van der Waals surface area (Å²) in [5.41, 5.74) is 4.74. The van der Waals surface area contributed by atoms with Gasteiger partial charge < -0.3 is 5.73 Å². The number of rotatable bonds is 3. The van der Waals surface area contributed by atoms with Gasteiger partial charge in [0.25, 0.3) is 11.6 Å². The summed E-state index contributed by atoms with van der Waals surface area (Å²) in [7, 11) is 0. The maximum atomic E-state index is 12.0. The van der Waals surface area contributed by atoms with Crippen molar-refractivity contribution < 1.29 is 9.72 Å². The molecule has 1 amide bonds. The summed E-state index contributed by atoms with van der Waals surface area (Å²) in [4.78, 5) is 22.1. The molecule has 1 aromatic heterocycles. The Morgan fingerprint density at radius 2 is 2.21 bits per heavy atom. The van der Waals surface area contributed by atoms with Crippen molar-refractivity contribution in [2.75, 3.05) is 11.1 Å². The Morgan fingerprint density at radius 1 is 1.47 bits per heavy atom. The molecular weight excluding hydrogens is 294 g/mol. The number of nitrogen functional groups attached to an aromatic ring is 1. The molecule has 0 radical (unpaired) electrons. The number of nitrogens with one attached hydrogen (secondary N) is 1. The minimum absolute atomic E-state index is 0.0239. The van der Waals surface area contributed by atoms with Crippen molar-refractivity contribution in [2.24, 2.45) is 0 Å². The van der Waals surface area contributed by atoms with E-state index in [9.17, 15) is 14.9 Å². The second-order valence-corrected chi connectivity index (χ2v) is 4.71. The molecule has 0 saturated carbocycles. The number of benzene rings is 1. The third-order valence-electron chi connectivity index (χ3n) is 2.08. The highest BCUT2D eigenvalue weighted by Gasteiger charge is 2.24. The monoisotopic (exact) mass is 299 g/mol. The van der Waals surface area contributed by atoms with Gasteiger partial charge in [-0.15, -0.1) is 10.2 Å². The maximum absolute atomic E-state index is 12.0. The first-order valence-corrected chi connectivity index (χ1v) is 6.01. The van der Waals surface area contributed by atoms with Crippen molar-refractivity contribution in [3.05, 3.63) is 38.9 Å². The van der Waals surface area contributed by atoms with Crippen LogP contribution in [0.5, 0.6) is 0 Å². The Kier molecular flexibility index (Phi) is 3.58. The number of nitro benzene ring substituents is 1. The maximum Gasteiger partial charge on any atom is 0.283 e. The largest absolute Gasteiger partial charge is 0.374 e. The Morgan fingerprint density at radius 3 is 2.79 bits per heavy atom. The van der Waals surface area contributed by atoms with Crippen LogP contribution in [0.4, 0.5) is 16.0 Å². The fraction of sp³-hybridized carbons (Fsp3) is 0. The first kappa shape index (κ1) is 13.2. The van der Waals surface area contributed by atoms with Gasteiger partial charge in [0.05, 0.1) is 9.95 Å². The molecule has 19 heavy (non-hydrogen) atoms. The third-order valence-corrected chi connectivity index (χ3v) is 3.06. The molecule has 1 aromatic carbocycles. The van der Waals surface area contributed by atoms with Gasteiger partial charge in [0, 0.05) is 6.07 Å². The minimum atomic E-state index is -0.742. The number of hydrogen-bond donors (Lipinski definition) is 2. The summed E-state index contributed by atoms with van der Waals surface area (Å²) in [6, 6.07) is 3.97. The van der Waals surface area contributed by atoms with Gasteiger partial charge in [0.2, 0.25) is 10.3 Å². The molecule has 0 atom stereocenters. The number of carbonyl (C=O) groups is 1. The molecule has 98 valence electrons. The number of anilines is 2. The molecule has 0 fully saturated rings. The van der Waals surface area contributed by atoms with E-state index in [-0.39, 0.29) is 26.5 Å². The summed E-state index contributed by atoms with van der Waals surface area (Å²) < 4.78 is 0. The molecule has 3 N–H and O–H groups in total. The predicted octanol–water partition coefficient (Wildman–Crippen LogP) is 1.93. The Balaban J connectivity index is 2.36. The number of hydrogen-bond acceptors (Lipinski definition) is 7. The molecule has 10 heteroatoms. The molecule has 0 bridgehead atoms. The predicted molar refractivity (Wildman–Crippen MR) is 70.4 cm³/mol. The third kappa shape index (κ3) is 2.77. The van der Waals surface area contributed by atoms with Crippen molar-refractivity contribution in [3.63, 3.8) is 0 Å². The van der Waals surface area contributed by atoms with Gasteiger partial charge in [-0.3, -0.25) is 20.2 Å². The molecule has 0 aliphatic heterocycles. The number of nitrogens with two attached hydrogens (primary N) is 1. The highest BCUT2D eigenvalue weighted by atomic mass is 35.5. The van der Waals surface area contributed by atoms with Crippen LogP contribution in [0.3, 0.4) is 0 Å². The molecule has 0 aliphatic carbocycles. The smallest absolute Gasteiger partial charge is 0.283 e. The summed E-state index contributed by atoms with van der Waals surface area (Å²) >= 11 is 6.76. The normalized spacial score (nSPS) is 10.2. The van der Waals surface area contributed by atoms with E-state index in [2.05, 4.69) is 15.5 Å². The van der Waals surface area contributed by atoms with Gasteiger partial charge in [-0.25, -0.2) is 0 Å². The summed E-state index contributed by atoms with van der Waals surface area (Å²) in [5, 5.41) is 20.6. The zero-order valence-corrected chi connectivity index (χ0v) is 10.7. The lowest BCUT2D eigenvalue weighted by atomic mass is 10.1. The fourth-order valence-electron chi connectivity index (χ4n) is 1.33. The van der Waals surface area contributed by atoms with E-state index in [1.807, 2.05) is 0 Å². The zero-order valence-electron chi connectivity index (χ0n) is 9.16. The Labute approximate surface area is 115 Å². The van der Waals surface area contributed by atoms with E-state index in [1.165, 1.54) is 18.2 Å². The number of carbonyl (C=O) groups excluding carboxylic acids is 1. The van der Waals surface area contributed by atoms with Gasteiger partial charge in [-0.05, 0) is 6.07 Å². The quantitative estimate of drug-likeness (QED) is 0.659. The molecular formula is C9H6ClN5O3S. The first-order chi connectivity index (χ1) is 8.99. The molecule has 2 rings (SSSR count). The summed E-state index contributed by atoms with van der Waals surface area (Å²) in [6.07, 6.45) is 0. The van der Waals surface area contributed by atoms with Gasteiger partial charge in [-0.2, -0.15) is 0 Å². The highest BCUT2D eigenvalue weighted by Crippen LogP contribution is 2.27. The fourth-order valence-corrected chi connectivity index (χ4v) is 2.09. The van der Waals surface area contributed by atoms with Crippen molar-refractivity contribution in [1.29, 1.82) is 0 Å². The second kappa shape index (κ2) is 5.16. The lowest BCUT2D eigenvalue weighted by Gasteiger charge is -2.04. The van der Waals surface area contributed by atoms with Crippen LogP contribution in [0.2, 0.25) is 5.02 Å². The number of nitrogens with zero attached hydrogens (tertiary/aromatic N) is 3. The van der Waals surface area contributed by atoms with Crippen molar-refractivity contribution in [3.8, 4) is 0 Å². The average molecular weight is 300 g/mol. The van der Waals surface area contributed by atoms with Crippen LogP contribution in [-0.2, 0) is 0 Å². The molecule has 8 nitrogen and oxygen atoms in total. The van der Waals surface area contributed by atoms with Crippen molar-refractivity contribution >= 4 is 44.8 Å². The molecule has 0 unspecified atom stereocenters. The topological polar surface area (TPSA) is 124 Å². The molecule has 2 aromatic rings. The number of halogens is 1. The van der Waals surface area contributed by atoms with Crippen LogP contribution >= 0.6 is 22.9 Å². The summed E-state index contributed by atoms with van der Waals surface area (Å²) in [5.74, 6) is -0.742. The van der Waals surface area contributed by atoms with Crippen LogP contribution in [-0.4, -0.2) is 21.0 Å². The first-order valence-electron chi connectivity index (χ1n) is 4.82. The Bertz CT molecular complexity index is 659. The lowest BCUT2D eigenvalue weighted by Crippen LogP contribution is -2.14. The van der Waals surface area contributed by atoms with Crippen LogP contribution < -0.4 is 11.1 Å². The molecule has 0 saturated heterocycles. The van der Waals surface area contributed by atoms with E-state index in [0.29, 0.717) is 0 Å². The average Bonchev–Trinajstić information content (AvgIpc) is 2.74. The van der Waals surface area contributed by atoms with Gasteiger partial charge in [0.15, 0.2) is 0 Å². The molecule has 1 heterocycles. The van der Waals surface area contributed by atoms with Crippen LogP contribution in [0.25, 0.3) is 0 Å². The van der Waals surface area contributed by atoms with Crippen molar-refractivity contribution in [2.45, 2.75) is 0 Å². The van der Waals surface area contributed by atoms with Crippen LogP contribution in [0, 0.1) is 10.1 Å².